The summed E-state index contributed by atoms with van der Waals surface area (Å²) in [5.41, 5.74) is 1.66. The van der Waals surface area contributed by atoms with E-state index in [1.807, 2.05) is 0 Å². The zero-order valence-electron chi connectivity index (χ0n) is 20.7. The summed E-state index contributed by atoms with van der Waals surface area (Å²) in [6.07, 6.45) is 5.98. The quantitative estimate of drug-likeness (QED) is 0.524. The molecule has 2 aromatic heterocycles. The molecule has 1 aliphatic heterocycles. The van der Waals surface area contributed by atoms with Crippen molar-refractivity contribution in [3.63, 3.8) is 0 Å². The second kappa shape index (κ2) is 8.71. The van der Waals surface area contributed by atoms with Crippen LogP contribution in [0.1, 0.15) is 48.9 Å². The minimum Gasteiger partial charge on any atom is -0.354 e. The molecule has 38 heavy (non-hydrogen) atoms. The standard InChI is InChI=1S/C29H27F3N4O2/c30-17-2-5-25(23(32)12-17)36-14-22(29(38)33-24-11-15-9-16-1-3-19(24)21(16)10-15)27(37)20-4-6-26(34-28(20)36)35-8-7-18(31)13-35/h2,4-6,12,14-16,18,21H,1,3,7-11,13H2,(H,33,38)/t15?,16?,18-,21?/m0/s1. The van der Waals surface area contributed by atoms with E-state index in [0.29, 0.717) is 36.5 Å². The van der Waals surface area contributed by atoms with E-state index >= 15 is 0 Å². The number of fused-ring (bicyclic) bond motifs is 2. The van der Waals surface area contributed by atoms with Crippen molar-refractivity contribution in [3.05, 3.63) is 75.2 Å². The van der Waals surface area contributed by atoms with Gasteiger partial charge in [-0.05, 0) is 86.1 Å². The predicted molar refractivity (Wildman–Crippen MR) is 137 cm³/mol. The average molecular weight is 521 g/mol. The predicted octanol–water partition coefficient (Wildman–Crippen LogP) is 5.04. The number of allylic oxidation sites excluding steroid dienone is 2. The molecule has 0 radical (unpaired) electrons. The van der Waals surface area contributed by atoms with Gasteiger partial charge >= 0.3 is 0 Å². The van der Waals surface area contributed by atoms with Crippen LogP contribution in [0.3, 0.4) is 0 Å². The number of halogens is 3. The van der Waals surface area contributed by atoms with Crippen molar-refractivity contribution in [2.45, 2.75) is 44.7 Å². The van der Waals surface area contributed by atoms with Gasteiger partial charge in [0.25, 0.3) is 5.91 Å². The number of carbonyl (C=O) groups is 1. The van der Waals surface area contributed by atoms with E-state index in [9.17, 15) is 22.8 Å². The van der Waals surface area contributed by atoms with Crippen LogP contribution in [0.2, 0.25) is 0 Å². The van der Waals surface area contributed by atoms with Crippen molar-refractivity contribution in [1.29, 1.82) is 0 Å². The molecule has 1 saturated heterocycles. The van der Waals surface area contributed by atoms with Gasteiger partial charge in [0.2, 0.25) is 5.43 Å². The van der Waals surface area contributed by atoms with Crippen LogP contribution in [-0.2, 0) is 0 Å². The Morgan fingerprint density at radius 3 is 2.76 bits per heavy atom. The van der Waals surface area contributed by atoms with Crippen molar-refractivity contribution < 1.29 is 18.0 Å². The largest absolute Gasteiger partial charge is 0.354 e. The zero-order valence-corrected chi connectivity index (χ0v) is 20.7. The lowest BCUT2D eigenvalue weighted by Crippen LogP contribution is -2.32. The van der Waals surface area contributed by atoms with E-state index in [1.54, 1.807) is 17.0 Å². The van der Waals surface area contributed by atoms with Gasteiger partial charge in [0.05, 0.1) is 17.6 Å². The number of nitrogens with one attached hydrogen (secondary N) is 1. The van der Waals surface area contributed by atoms with Gasteiger partial charge in [-0.2, -0.15) is 0 Å². The van der Waals surface area contributed by atoms with Gasteiger partial charge in [0.15, 0.2) is 5.65 Å². The molecule has 3 heterocycles. The van der Waals surface area contributed by atoms with Crippen molar-refractivity contribution in [2.75, 3.05) is 18.0 Å². The molecule has 196 valence electrons. The smallest absolute Gasteiger partial charge is 0.260 e. The molecule has 7 rings (SSSR count). The summed E-state index contributed by atoms with van der Waals surface area (Å²) < 4.78 is 43.9. The normalized spacial score (nSPS) is 26.0. The van der Waals surface area contributed by atoms with Gasteiger partial charge < -0.3 is 10.2 Å². The van der Waals surface area contributed by atoms with Crippen LogP contribution >= 0.6 is 0 Å². The number of alkyl halides is 1. The molecule has 3 fully saturated rings. The first-order chi connectivity index (χ1) is 18.4. The number of hydrogen-bond donors (Lipinski definition) is 1. The first-order valence-electron chi connectivity index (χ1n) is 13.3. The second-order valence-electron chi connectivity index (χ2n) is 11.1. The molecule has 2 saturated carbocycles. The van der Waals surface area contributed by atoms with Crippen LogP contribution < -0.4 is 15.6 Å². The molecular formula is C29H27F3N4O2. The number of aromatic nitrogens is 2. The van der Waals surface area contributed by atoms with Gasteiger partial charge in [-0.15, -0.1) is 0 Å². The number of amides is 1. The molecule has 2 bridgehead atoms. The van der Waals surface area contributed by atoms with Crippen molar-refractivity contribution in [3.8, 4) is 5.69 Å². The summed E-state index contributed by atoms with van der Waals surface area (Å²) in [5.74, 6) is 0.0992. The molecule has 1 N–H and O–H groups in total. The summed E-state index contributed by atoms with van der Waals surface area (Å²) in [5, 5.41) is 3.16. The van der Waals surface area contributed by atoms with Crippen LogP contribution in [0.25, 0.3) is 16.7 Å². The van der Waals surface area contributed by atoms with Gasteiger partial charge in [-0.25, -0.2) is 18.2 Å². The van der Waals surface area contributed by atoms with Crippen molar-refractivity contribution >= 4 is 22.8 Å². The van der Waals surface area contributed by atoms with Gasteiger partial charge in [0, 0.05) is 24.5 Å². The minimum atomic E-state index is -0.976. The Balaban J connectivity index is 1.34. The Bertz CT molecular complexity index is 1580. The highest BCUT2D eigenvalue weighted by Gasteiger charge is 2.45. The Hall–Kier alpha value is -3.62. The third-order valence-corrected chi connectivity index (χ3v) is 8.87. The van der Waals surface area contributed by atoms with E-state index in [1.165, 1.54) is 35.2 Å². The van der Waals surface area contributed by atoms with Crippen LogP contribution in [0, 0.1) is 29.4 Å². The minimum absolute atomic E-state index is 0.0451. The molecule has 4 atom stereocenters. The summed E-state index contributed by atoms with van der Waals surface area (Å²) >= 11 is 0. The Kier molecular flexibility index (Phi) is 5.39. The monoisotopic (exact) mass is 520 g/mol. The number of hydrogen-bond acceptors (Lipinski definition) is 4. The summed E-state index contributed by atoms with van der Waals surface area (Å²) in [6.45, 7) is 0.643. The lowest BCUT2D eigenvalue weighted by atomic mass is 9.86. The SMILES string of the molecule is O=C(NC1=C2CCC3CC(C1)CC23)c1cn(-c2ccc(F)cc2F)c2nc(N3CC[C@H](F)C3)ccc2c1=O. The molecule has 3 unspecified atom stereocenters. The maximum Gasteiger partial charge on any atom is 0.260 e. The van der Waals surface area contributed by atoms with E-state index in [2.05, 4.69) is 10.3 Å². The fourth-order valence-corrected chi connectivity index (χ4v) is 7.13. The first kappa shape index (κ1) is 23.5. The van der Waals surface area contributed by atoms with E-state index in [4.69, 9.17) is 0 Å². The van der Waals surface area contributed by atoms with Crippen LogP contribution in [-0.4, -0.2) is 34.7 Å². The molecule has 9 heteroatoms. The molecule has 6 nitrogen and oxygen atoms in total. The maximum absolute atomic E-state index is 15.0. The summed E-state index contributed by atoms with van der Waals surface area (Å²) in [6, 6.07) is 6.28. The average Bonchev–Trinajstić information content (AvgIpc) is 3.58. The van der Waals surface area contributed by atoms with Crippen molar-refractivity contribution in [1.82, 2.24) is 14.9 Å². The second-order valence-corrected chi connectivity index (χ2v) is 11.1. The Morgan fingerprint density at radius 1 is 1.11 bits per heavy atom. The van der Waals surface area contributed by atoms with Crippen LogP contribution in [0.15, 0.2) is 52.6 Å². The van der Waals surface area contributed by atoms with Crippen LogP contribution in [0.5, 0.6) is 0 Å². The fraction of sp³-hybridized carbons (Fsp3) is 0.414. The van der Waals surface area contributed by atoms with Crippen LogP contribution in [0.4, 0.5) is 19.0 Å². The Labute approximate surface area is 217 Å². The highest BCUT2D eigenvalue weighted by Crippen LogP contribution is 2.55. The lowest BCUT2D eigenvalue weighted by molar-refractivity contribution is 0.0960. The van der Waals surface area contributed by atoms with Crippen molar-refractivity contribution in [2.24, 2.45) is 17.8 Å². The number of pyridine rings is 2. The number of carbonyl (C=O) groups excluding carboxylic acids is 1. The number of anilines is 1. The van der Waals surface area contributed by atoms with Gasteiger partial charge in [-0.1, -0.05) is 0 Å². The molecule has 1 amide bonds. The summed E-state index contributed by atoms with van der Waals surface area (Å²) in [7, 11) is 0. The Morgan fingerprint density at radius 2 is 1.97 bits per heavy atom. The fourth-order valence-electron chi connectivity index (χ4n) is 7.13. The van der Waals surface area contributed by atoms with Gasteiger partial charge in [-0.3, -0.25) is 14.2 Å². The molecule has 3 aromatic rings. The maximum atomic E-state index is 15.0. The molecule has 0 spiro atoms. The molecule has 3 aliphatic carbocycles. The highest BCUT2D eigenvalue weighted by molar-refractivity contribution is 5.98. The van der Waals surface area contributed by atoms with E-state index in [0.717, 1.165) is 37.1 Å². The van der Waals surface area contributed by atoms with Gasteiger partial charge in [0.1, 0.15) is 29.2 Å². The number of benzene rings is 1. The topological polar surface area (TPSA) is 67.2 Å². The number of rotatable bonds is 4. The molecular weight excluding hydrogens is 493 g/mol. The zero-order chi connectivity index (χ0) is 26.1. The highest BCUT2D eigenvalue weighted by atomic mass is 19.1. The molecule has 4 aliphatic rings. The lowest BCUT2D eigenvalue weighted by Gasteiger charge is -2.25. The third-order valence-electron chi connectivity index (χ3n) is 8.87. The number of nitrogens with zero attached hydrogens (tertiary/aromatic N) is 3. The van der Waals surface area contributed by atoms with E-state index < -0.39 is 29.1 Å². The molecule has 1 aromatic carbocycles. The third kappa shape index (κ3) is 3.74. The summed E-state index contributed by atoms with van der Waals surface area (Å²) in [4.78, 5) is 33.5. The first-order valence-corrected chi connectivity index (χ1v) is 13.3. The van der Waals surface area contributed by atoms with E-state index in [-0.39, 0.29) is 28.8 Å².